The van der Waals surface area contributed by atoms with Crippen molar-refractivity contribution in [3.63, 3.8) is 0 Å². The number of imide groups is 1. The van der Waals surface area contributed by atoms with Crippen LogP contribution >= 0.6 is 0 Å². The summed E-state index contributed by atoms with van der Waals surface area (Å²) in [6, 6.07) is 12.2. The summed E-state index contributed by atoms with van der Waals surface area (Å²) in [6.45, 7) is 9.85. The smallest absolute Gasteiger partial charge is 0.258 e. The maximum atomic E-state index is 15.2. The number of piperidine rings is 2. The lowest BCUT2D eigenvalue weighted by atomic mass is 9.71. The molecule has 0 saturated carbocycles. The summed E-state index contributed by atoms with van der Waals surface area (Å²) in [5.74, 6) is -3.22. The first-order valence-corrected chi connectivity index (χ1v) is 22.2. The molecule has 17 heteroatoms. The van der Waals surface area contributed by atoms with E-state index >= 15 is 8.78 Å². The molecule has 15 nitrogen and oxygen atoms in total. The van der Waals surface area contributed by atoms with Crippen LogP contribution in [0.3, 0.4) is 0 Å². The average Bonchev–Trinajstić information content (AvgIpc) is 3.55. The fourth-order valence-corrected chi connectivity index (χ4v) is 10.0. The molecule has 64 heavy (non-hydrogen) atoms. The van der Waals surface area contributed by atoms with Gasteiger partial charge in [-0.2, -0.15) is 0 Å². The van der Waals surface area contributed by atoms with E-state index in [1.165, 1.54) is 18.3 Å². The highest BCUT2D eigenvalue weighted by molar-refractivity contribution is 6.19. The highest BCUT2D eigenvalue weighted by atomic mass is 19.1. The quantitative estimate of drug-likeness (QED) is 0.228. The lowest BCUT2D eigenvalue weighted by molar-refractivity contribution is -0.152. The fourth-order valence-electron chi connectivity index (χ4n) is 10.0. The van der Waals surface area contributed by atoms with Crippen molar-refractivity contribution < 1.29 is 32.7 Å². The Morgan fingerprint density at radius 1 is 1.00 bits per heavy atom. The Morgan fingerprint density at radius 3 is 2.45 bits per heavy atom. The molecule has 4 N–H and O–H groups in total. The Bertz CT molecular complexity index is 2560. The van der Waals surface area contributed by atoms with Gasteiger partial charge in [0.05, 0.1) is 40.7 Å². The summed E-state index contributed by atoms with van der Waals surface area (Å²) in [5, 5.41) is 5.26. The highest BCUT2D eigenvalue weighted by Crippen LogP contribution is 2.43. The number of halogens is 2. The predicted molar refractivity (Wildman–Crippen MR) is 237 cm³/mol. The second kappa shape index (κ2) is 17.4. The van der Waals surface area contributed by atoms with Crippen molar-refractivity contribution in [3.8, 4) is 0 Å². The van der Waals surface area contributed by atoms with Crippen LogP contribution in [0.15, 0.2) is 53.7 Å². The fraction of sp³-hybridized carbons (Fsp3) is 0.468. The molecule has 5 aliphatic heterocycles. The van der Waals surface area contributed by atoms with Crippen molar-refractivity contribution in [2.75, 3.05) is 63.1 Å². The van der Waals surface area contributed by atoms with Gasteiger partial charge in [0.25, 0.3) is 5.91 Å². The Labute approximate surface area is 370 Å². The first kappa shape index (κ1) is 43.0. The maximum absolute atomic E-state index is 15.2. The number of hydrogen-bond acceptors (Lipinski definition) is 11. The number of likely N-dealkylation sites (tertiary alicyclic amines) is 2. The lowest BCUT2D eigenvalue weighted by Crippen LogP contribution is -2.65. The number of nitrogens with one attached hydrogen (secondary N) is 2. The van der Waals surface area contributed by atoms with Crippen molar-refractivity contribution >= 4 is 57.8 Å². The van der Waals surface area contributed by atoms with Crippen LogP contribution in [-0.2, 0) is 32.2 Å². The van der Waals surface area contributed by atoms with Crippen LogP contribution < -0.4 is 21.3 Å². The van der Waals surface area contributed by atoms with Crippen LogP contribution in [-0.4, -0.2) is 107 Å². The number of aromatic nitrogens is 3. The van der Waals surface area contributed by atoms with Crippen LogP contribution in [0.2, 0.25) is 0 Å². The Hall–Kier alpha value is -6.23. The molecule has 0 aliphatic carbocycles. The minimum absolute atomic E-state index is 0.0262. The van der Waals surface area contributed by atoms with Crippen LogP contribution in [0.4, 0.5) is 20.4 Å². The Morgan fingerprint density at radius 2 is 1.75 bits per heavy atom. The molecule has 4 aromatic rings. The summed E-state index contributed by atoms with van der Waals surface area (Å²) < 4.78 is 38.5. The van der Waals surface area contributed by atoms with Gasteiger partial charge in [-0.15, -0.1) is 0 Å². The average molecular weight is 877 g/mol. The van der Waals surface area contributed by atoms with Gasteiger partial charge < -0.3 is 24.8 Å². The van der Waals surface area contributed by atoms with Gasteiger partial charge in [-0.05, 0) is 100.0 Å². The second-order valence-electron chi connectivity index (χ2n) is 18.3. The van der Waals surface area contributed by atoms with Gasteiger partial charge in [-0.1, -0.05) is 13.0 Å². The molecule has 5 aliphatic rings. The van der Waals surface area contributed by atoms with E-state index < -0.39 is 29.4 Å². The van der Waals surface area contributed by atoms with E-state index in [1.54, 1.807) is 24.1 Å². The van der Waals surface area contributed by atoms with Gasteiger partial charge in [0, 0.05) is 86.9 Å². The lowest BCUT2D eigenvalue weighted by Gasteiger charge is -2.55. The molecule has 2 aromatic heterocycles. The van der Waals surface area contributed by atoms with Crippen molar-refractivity contribution in [1.82, 2.24) is 29.7 Å². The number of anilines is 2. The number of nitrogens with zero attached hydrogens (tertiary/aromatic N) is 7. The zero-order valence-electron chi connectivity index (χ0n) is 36.5. The molecule has 2 aromatic carbocycles. The number of aliphatic imine (C=N–C) groups is 1. The van der Waals surface area contributed by atoms with Gasteiger partial charge >= 0.3 is 0 Å². The number of carbonyl (C=O) groups excluding carboxylic acids is 4. The van der Waals surface area contributed by atoms with E-state index in [-0.39, 0.29) is 47.5 Å². The van der Waals surface area contributed by atoms with Gasteiger partial charge in [0.2, 0.25) is 29.6 Å². The molecular formula is C47H54F2N10O5. The third-order valence-corrected chi connectivity index (χ3v) is 13.6. The molecule has 0 radical (unpaired) electrons. The van der Waals surface area contributed by atoms with Gasteiger partial charge in [-0.25, -0.2) is 13.8 Å². The monoisotopic (exact) mass is 876 g/mol. The number of fused-ring (bicyclic) bond motifs is 5. The molecule has 4 amide bonds. The third kappa shape index (κ3) is 8.44. The third-order valence-electron chi connectivity index (χ3n) is 13.6. The largest absolute Gasteiger partial charge is 0.477 e. The molecule has 336 valence electrons. The van der Waals surface area contributed by atoms with Crippen molar-refractivity contribution in [2.45, 2.75) is 71.4 Å². The molecule has 4 fully saturated rings. The molecule has 7 heterocycles. The number of benzene rings is 2. The van der Waals surface area contributed by atoms with Gasteiger partial charge in [-0.3, -0.25) is 44.7 Å². The van der Waals surface area contributed by atoms with Crippen molar-refractivity contribution in [3.05, 3.63) is 88.4 Å². The second-order valence-corrected chi connectivity index (χ2v) is 18.3. The van der Waals surface area contributed by atoms with E-state index in [9.17, 15) is 19.2 Å². The number of amides is 4. The van der Waals surface area contributed by atoms with E-state index in [0.29, 0.717) is 79.4 Å². The molecule has 0 unspecified atom stereocenters. The SMILES string of the molecule is CN=C1OCCC[C@@H](C)Cn2c(nc3ccc(CN4CCC5(CC4)CN(C(=O)C4CN(c6cc(F)c([C@H]7CCC(=O)NC7=O)c(F)c6)C4)C5)cc32)NC(=O)c2cc(C)nc(c2)C1=CN. The number of hydrogen-bond donors (Lipinski definition) is 3. The van der Waals surface area contributed by atoms with Crippen molar-refractivity contribution in [2.24, 2.45) is 28.0 Å². The summed E-state index contributed by atoms with van der Waals surface area (Å²) in [7, 11) is 1.65. The molecule has 2 bridgehead atoms. The van der Waals surface area contributed by atoms with E-state index in [4.69, 9.17) is 15.5 Å². The van der Waals surface area contributed by atoms with Gasteiger partial charge in [0.15, 0.2) is 0 Å². The topological polar surface area (TPSA) is 180 Å². The van der Waals surface area contributed by atoms with Crippen LogP contribution in [0.1, 0.15) is 84.2 Å². The van der Waals surface area contributed by atoms with Crippen LogP contribution in [0.5, 0.6) is 0 Å². The minimum Gasteiger partial charge on any atom is -0.477 e. The Balaban J connectivity index is 0.811. The van der Waals surface area contributed by atoms with Crippen molar-refractivity contribution in [1.29, 1.82) is 0 Å². The number of aryl methyl sites for hydroxylation is 1. The number of pyridine rings is 1. The summed E-state index contributed by atoms with van der Waals surface area (Å²) in [6.07, 6.45) is 5.12. The number of ether oxygens (including phenoxy) is 1. The maximum Gasteiger partial charge on any atom is 0.258 e. The zero-order valence-corrected chi connectivity index (χ0v) is 36.5. The van der Waals surface area contributed by atoms with Gasteiger partial charge in [0.1, 0.15) is 11.6 Å². The number of imidazole rings is 1. The summed E-state index contributed by atoms with van der Waals surface area (Å²) in [5.41, 5.74) is 11.1. The Kier molecular flexibility index (Phi) is 11.7. The summed E-state index contributed by atoms with van der Waals surface area (Å²) in [4.78, 5) is 71.1. The number of nitrogens with two attached hydrogens (primary N) is 1. The first-order chi connectivity index (χ1) is 30.8. The molecular weight excluding hydrogens is 823 g/mol. The highest BCUT2D eigenvalue weighted by Gasteiger charge is 2.49. The zero-order chi connectivity index (χ0) is 44.9. The van der Waals surface area contributed by atoms with E-state index in [2.05, 4.69) is 49.1 Å². The number of rotatable bonds is 5. The first-order valence-electron chi connectivity index (χ1n) is 22.2. The standard InChI is InChI=1S/C47H54F2N10O5/c1-27-5-4-14-64-44(51-3)34(20-50)38-17-30(15-28(2)52-38)42(61)55-46-53-37-8-6-29(16-39(37)59(46)21-27)22-56-12-10-47(11-13-56)25-58(26-47)45(63)31-23-57(24-31)32-18-35(48)41(36(49)19-32)33-7-9-40(60)54-43(33)62/h6,8,15-20,27,31,33H,4-5,7,9-14,21-26,50H2,1-3H3,(H,53,55,61)(H,54,60,62)/t27-,33-/m1/s1. The molecule has 1 spiro atoms. The molecule has 2 atom stereocenters. The van der Waals surface area contributed by atoms with E-state index in [0.717, 1.165) is 61.9 Å². The minimum atomic E-state index is -1.06. The predicted octanol–water partition coefficient (Wildman–Crippen LogP) is 5.13. The molecule has 9 rings (SSSR count). The number of carbonyl (C=O) groups is 4. The van der Waals surface area contributed by atoms with Crippen LogP contribution in [0.25, 0.3) is 16.6 Å². The van der Waals surface area contributed by atoms with Crippen LogP contribution in [0, 0.1) is 35.8 Å². The summed E-state index contributed by atoms with van der Waals surface area (Å²) >= 11 is 0. The van der Waals surface area contributed by atoms with E-state index in [1.807, 2.05) is 17.9 Å². The molecule has 4 saturated heterocycles. The normalized spacial score (nSPS) is 23.5.